The van der Waals surface area contributed by atoms with Crippen LogP contribution in [-0.2, 0) is 0 Å². The Bertz CT molecular complexity index is 1270. The van der Waals surface area contributed by atoms with E-state index in [1.54, 1.807) is 23.2 Å². The monoisotopic (exact) mass is 509 g/mol. The zero-order valence-electron chi connectivity index (χ0n) is 18.2. The van der Waals surface area contributed by atoms with Crippen molar-refractivity contribution in [3.05, 3.63) is 105 Å². The SMILES string of the molecule is O=C(Nc1cccc(Cl)c1)N1N=C2/C(=C/c3ccc(Cl)cc3)CCC[C@H]2[C@H]1c1ccc(Cl)cc1. The number of anilines is 1. The number of halogens is 3. The molecule has 34 heavy (non-hydrogen) atoms. The Balaban J connectivity index is 1.52. The molecule has 3 aromatic rings. The van der Waals surface area contributed by atoms with Crippen molar-refractivity contribution in [2.75, 3.05) is 5.32 Å². The van der Waals surface area contributed by atoms with Gasteiger partial charge >= 0.3 is 6.03 Å². The molecule has 7 heteroatoms. The van der Waals surface area contributed by atoms with Gasteiger partial charge in [-0.1, -0.05) is 65.1 Å². The lowest BCUT2D eigenvalue weighted by Gasteiger charge is -2.29. The van der Waals surface area contributed by atoms with Crippen molar-refractivity contribution in [2.24, 2.45) is 11.0 Å². The van der Waals surface area contributed by atoms with Gasteiger partial charge in [0.25, 0.3) is 0 Å². The number of amides is 2. The van der Waals surface area contributed by atoms with Crippen molar-refractivity contribution in [1.82, 2.24) is 5.01 Å². The molecule has 2 aliphatic rings. The van der Waals surface area contributed by atoms with Gasteiger partial charge in [0.15, 0.2) is 0 Å². The van der Waals surface area contributed by atoms with Gasteiger partial charge in [0.1, 0.15) is 0 Å². The van der Waals surface area contributed by atoms with E-state index in [9.17, 15) is 4.79 Å². The van der Waals surface area contributed by atoms with Crippen molar-refractivity contribution in [1.29, 1.82) is 0 Å². The van der Waals surface area contributed by atoms with Crippen molar-refractivity contribution in [2.45, 2.75) is 25.3 Å². The summed E-state index contributed by atoms with van der Waals surface area (Å²) in [5.41, 5.74) is 4.80. The molecule has 3 aromatic carbocycles. The minimum absolute atomic E-state index is 0.0959. The van der Waals surface area contributed by atoms with E-state index in [0.29, 0.717) is 20.8 Å². The third-order valence-electron chi connectivity index (χ3n) is 6.21. The maximum atomic E-state index is 13.4. The normalized spacial score (nSPS) is 20.7. The quantitative estimate of drug-likeness (QED) is 0.377. The van der Waals surface area contributed by atoms with Gasteiger partial charge in [-0.3, -0.25) is 0 Å². The highest BCUT2D eigenvalue weighted by Crippen LogP contribution is 2.44. The molecule has 2 amide bonds. The molecule has 2 atom stereocenters. The Morgan fingerprint density at radius 2 is 1.65 bits per heavy atom. The molecule has 0 radical (unpaired) electrons. The van der Waals surface area contributed by atoms with Gasteiger partial charge in [0, 0.05) is 26.7 Å². The summed E-state index contributed by atoms with van der Waals surface area (Å²) in [5, 5.41) is 11.3. The summed E-state index contributed by atoms with van der Waals surface area (Å²) in [6.07, 6.45) is 5.04. The second kappa shape index (κ2) is 9.83. The molecule has 0 aromatic heterocycles. The Morgan fingerprint density at radius 3 is 2.35 bits per heavy atom. The average Bonchev–Trinajstić information content (AvgIpc) is 3.22. The first-order chi connectivity index (χ1) is 16.5. The molecule has 1 heterocycles. The van der Waals surface area contributed by atoms with Crippen LogP contribution in [0.1, 0.15) is 36.4 Å². The minimum atomic E-state index is -0.296. The third-order valence-corrected chi connectivity index (χ3v) is 6.95. The lowest BCUT2D eigenvalue weighted by atomic mass is 9.77. The summed E-state index contributed by atoms with van der Waals surface area (Å²) < 4.78 is 0. The maximum Gasteiger partial charge on any atom is 0.342 e. The highest BCUT2D eigenvalue weighted by molar-refractivity contribution is 6.31. The Kier molecular flexibility index (Phi) is 6.64. The maximum absolute atomic E-state index is 13.4. The first-order valence-electron chi connectivity index (χ1n) is 11.1. The molecule has 1 saturated carbocycles. The van der Waals surface area contributed by atoms with Crippen LogP contribution in [0.2, 0.25) is 15.1 Å². The highest BCUT2D eigenvalue weighted by atomic mass is 35.5. The molecule has 1 N–H and O–H groups in total. The Hall–Kier alpha value is -2.79. The van der Waals surface area contributed by atoms with Gasteiger partial charge in [-0.15, -0.1) is 0 Å². The van der Waals surface area contributed by atoms with E-state index in [-0.39, 0.29) is 18.0 Å². The number of hydrogen-bond donors (Lipinski definition) is 1. The third kappa shape index (κ3) is 4.85. The van der Waals surface area contributed by atoms with Crippen LogP contribution in [-0.4, -0.2) is 16.8 Å². The summed E-state index contributed by atoms with van der Waals surface area (Å²) in [7, 11) is 0. The molecular weight excluding hydrogens is 489 g/mol. The topological polar surface area (TPSA) is 44.7 Å². The molecule has 0 unspecified atom stereocenters. The molecule has 1 fully saturated rings. The van der Waals surface area contributed by atoms with Crippen molar-refractivity contribution < 1.29 is 4.79 Å². The first kappa shape index (κ1) is 23.0. The lowest BCUT2D eigenvalue weighted by Crippen LogP contribution is -2.34. The highest BCUT2D eigenvalue weighted by Gasteiger charge is 2.43. The van der Waals surface area contributed by atoms with Crippen molar-refractivity contribution in [3.63, 3.8) is 0 Å². The zero-order chi connectivity index (χ0) is 23.7. The van der Waals surface area contributed by atoms with E-state index >= 15 is 0 Å². The van der Waals surface area contributed by atoms with Gasteiger partial charge in [-0.25, -0.2) is 9.80 Å². The van der Waals surface area contributed by atoms with Crippen LogP contribution < -0.4 is 5.32 Å². The molecule has 1 aliphatic heterocycles. The number of benzene rings is 3. The molecule has 0 saturated heterocycles. The lowest BCUT2D eigenvalue weighted by molar-refractivity contribution is 0.188. The summed E-state index contributed by atoms with van der Waals surface area (Å²) >= 11 is 18.3. The fraction of sp³-hybridized carbons (Fsp3) is 0.185. The number of nitrogens with one attached hydrogen (secondary N) is 1. The minimum Gasteiger partial charge on any atom is -0.306 e. The van der Waals surface area contributed by atoms with Gasteiger partial charge in [-0.2, -0.15) is 5.10 Å². The number of allylic oxidation sites excluding steroid dienone is 1. The van der Waals surface area contributed by atoms with Crippen LogP contribution in [0.4, 0.5) is 10.5 Å². The molecule has 0 bridgehead atoms. The molecular formula is C27H22Cl3N3O. The van der Waals surface area contributed by atoms with Gasteiger partial charge in [0.05, 0.1) is 11.8 Å². The number of urea groups is 1. The van der Waals surface area contributed by atoms with Crippen LogP contribution in [0.15, 0.2) is 83.5 Å². The fourth-order valence-electron chi connectivity index (χ4n) is 4.67. The van der Waals surface area contributed by atoms with E-state index in [4.69, 9.17) is 39.9 Å². The number of carbonyl (C=O) groups is 1. The van der Waals surface area contributed by atoms with Crippen molar-refractivity contribution >= 4 is 58.3 Å². The number of carbonyl (C=O) groups excluding carboxylic acids is 1. The average molecular weight is 511 g/mol. The summed E-state index contributed by atoms with van der Waals surface area (Å²) in [6.45, 7) is 0. The van der Waals surface area contributed by atoms with Crippen LogP contribution >= 0.6 is 34.8 Å². The van der Waals surface area contributed by atoms with Crippen LogP contribution in [0.25, 0.3) is 6.08 Å². The van der Waals surface area contributed by atoms with Crippen molar-refractivity contribution in [3.8, 4) is 0 Å². The molecule has 4 nitrogen and oxygen atoms in total. The zero-order valence-corrected chi connectivity index (χ0v) is 20.5. The van der Waals surface area contributed by atoms with E-state index in [2.05, 4.69) is 11.4 Å². The first-order valence-corrected chi connectivity index (χ1v) is 12.3. The molecule has 1 aliphatic carbocycles. The summed E-state index contributed by atoms with van der Waals surface area (Å²) in [5.74, 6) is 0.0959. The Morgan fingerprint density at radius 1 is 0.941 bits per heavy atom. The smallest absolute Gasteiger partial charge is 0.306 e. The summed E-state index contributed by atoms with van der Waals surface area (Å²) in [4.78, 5) is 13.4. The van der Waals surface area contributed by atoms with Crippen LogP contribution in [0.5, 0.6) is 0 Å². The number of hydrogen-bond acceptors (Lipinski definition) is 2. The molecule has 0 spiro atoms. The standard InChI is InChI=1S/C27H22Cl3N3O/c28-20-11-7-17(8-12-20)15-19-3-1-6-24-25(19)32-33(26(24)18-9-13-21(29)14-10-18)27(34)31-23-5-2-4-22(30)16-23/h2,4-5,7-16,24,26H,1,3,6H2,(H,31,34)/b19-15+/t24-,26-/m1/s1. The predicted octanol–water partition coefficient (Wildman–Crippen LogP) is 8.48. The number of nitrogens with zero attached hydrogens (tertiary/aromatic N) is 2. The summed E-state index contributed by atoms with van der Waals surface area (Å²) in [6, 6.07) is 22.0. The number of hydrazone groups is 1. The number of rotatable bonds is 3. The largest absolute Gasteiger partial charge is 0.342 e. The van der Waals surface area contributed by atoms with Crippen LogP contribution in [0, 0.1) is 5.92 Å². The van der Waals surface area contributed by atoms with Gasteiger partial charge < -0.3 is 5.32 Å². The van der Waals surface area contributed by atoms with E-state index in [1.807, 2.05) is 54.6 Å². The van der Waals surface area contributed by atoms with Gasteiger partial charge in [0.2, 0.25) is 0 Å². The fourth-order valence-corrected chi connectivity index (χ4v) is 5.11. The van der Waals surface area contributed by atoms with E-state index in [0.717, 1.165) is 41.7 Å². The predicted molar refractivity (Wildman–Crippen MR) is 141 cm³/mol. The molecule has 5 rings (SSSR count). The Labute approximate surface area is 213 Å². The number of fused-ring (bicyclic) bond motifs is 1. The van der Waals surface area contributed by atoms with E-state index < -0.39 is 0 Å². The van der Waals surface area contributed by atoms with E-state index in [1.165, 1.54) is 0 Å². The second-order valence-electron chi connectivity index (χ2n) is 8.49. The van der Waals surface area contributed by atoms with Crippen LogP contribution in [0.3, 0.4) is 0 Å². The molecule has 172 valence electrons. The van der Waals surface area contributed by atoms with Gasteiger partial charge in [-0.05, 0) is 84.5 Å². The second-order valence-corrected chi connectivity index (χ2v) is 9.80.